The first-order valence-corrected chi connectivity index (χ1v) is 7.85. The Morgan fingerprint density at radius 1 is 1.22 bits per heavy atom. The van der Waals surface area contributed by atoms with Crippen LogP contribution in [-0.4, -0.2) is 29.0 Å². The van der Waals surface area contributed by atoms with Crippen molar-refractivity contribution in [1.29, 1.82) is 0 Å². The van der Waals surface area contributed by atoms with Gasteiger partial charge in [0.1, 0.15) is 0 Å². The number of nitrogen functional groups attached to an aromatic ring is 1. The second kappa shape index (κ2) is 8.44. The molecule has 0 heterocycles. The molecule has 0 unspecified atom stereocenters. The van der Waals surface area contributed by atoms with Gasteiger partial charge in [-0.3, -0.25) is 4.90 Å². The number of nitrogens with two attached hydrogens (primary N) is 1. The van der Waals surface area contributed by atoms with Gasteiger partial charge in [-0.05, 0) is 29.8 Å². The van der Waals surface area contributed by atoms with Gasteiger partial charge in [-0.1, -0.05) is 39.0 Å². The maximum absolute atomic E-state index is 6.01. The highest BCUT2D eigenvalue weighted by Crippen LogP contribution is 2.15. The molecule has 0 fully saturated rings. The molecule has 1 aromatic rings. The van der Waals surface area contributed by atoms with Crippen molar-refractivity contribution in [1.82, 2.24) is 4.90 Å². The minimum atomic E-state index is 0.718. The lowest BCUT2D eigenvalue weighted by Gasteiger charge is -2.22. The van der Waals surface area contributed by atoms with Gasteiger partial charge in [0.15, 0.2) is 0 Å². The van der Waals surface area contributed by atoms with Gasteiger partial charge in [0.25, 0.3) is 0 Å². The van der Waals surface area contributed by atoms with E-state index in [1.807, 2.05) is 23.9 Å². The molecule has 0 aromatic heterocycles. The molecule has 0 saturated carbocycles. The molecular formula is C15H26N2S. The van der Waals surface area contributed by atoms with E-state index in [-0.39, 0.29) is 0 Å². The standard InChI is InChI=1S/C15H26N2S/c1-4-9-17(10-11-18-13(2)3)12-14-7-5-6-8-15(14)16/h5-8,13H,4,9-12,16H2,1-3H3. The summed E-state index contributed by atoms with van der Waals surface area (Å²) in [5.41, 5.74) is 8.17. The van der Waals surface area contributed by atoms with Crippen molar-refractivity contribution >= 4 is 17.4 Å². The van der Waals surface area contributed by atoms with Crippen LogP contribution in [-0.2, 0) is 6.54 Å². The van der Waals surface area contributed by atoms with E-state index in [0.29, 0.717) is 0 Å². The van der Waals surface area contributed by atoms with Crippen molar-refractivity contribution < 1.29 is 0 Å². The summed E-state index contributed by atoms with van der Waals surface area (Å²) in [6.45, 7) is 10.0. The Morgan fingerprint density at radius 2 is 1.94 bits per heavy atom. The highest BCUT2D eigenvalue weighted by atomic mass is 32.2. The predicted molar refractivity (Wildman–Crippen MR) is 84.0 cm³/mol. The minimum absolute atomic E-state index is 0.718. The number of hydrogen-bond acceptors (Lipinski definition) is 3. The Labute approximate surface area is 116 Å². The first-order valence-electron chi connectivity index (χ1n) is 6.80. The Hall–Kier alpha value is -0.670. The molecule has 0 aliphatic rings. The zero-order valence-corrected chi connectivity index (χ0v) is 12.7. The first kappa shape index (κ1) is 15.4. The first-order chi connectivity index (χ1) is 8.63. The average Bonchev–Trinajstić information content (AvgIpc) is 2.32. The van der Waals surface area contributed by atoms with Crippen LogP contribution in [0.3, 0.4) is 0 Å². The van der Waals surface area contributed by atoms with Crippen LogP contribution in [0.1, 0.15) is 32.8 Å². The molecule has 3 heteroatoms. The average molecular weight is 266 g/mol. The molecular weight excluding hydrogens is 240 g/mol. The molecule has 0 aliphatic carbocycles. The molecule has 1 aromatic carbocycles. The number of benzene rings is 1. The smallest absolute Gasteiger partial charge is 0.0359 e. The third-order valence-corrected chi connectivity index (χ3v) is 3.93. The fraction of sp³-hybridized carbons (Fsp3) is 0.600. The molecule has 0 saturated heterocycles. The van der Waals surface area contributed by atoms with Crippen LogP contribution in [0.2, 0.25) is 0 Å². The molecule has 18 heavy (non-hydrogen) atoms. The summed E-state index contributed by atoms with van der Waals surface area (Å²) in [4.78, 5) is 2.50. The molecule has 0 atom stereocenters. The second-order valence-corrected chi connectivity index (χ2v) is 6.58. The molecule has 0 amide bonds. The van der Waals surface area contributed by atoms with Gasteiger partial charge in [0.2, 0.25) is 0 Å². The Kier molecular flexibility index (Phi) is 7.21. The number of anilines is 1. The van der Waals surface area contributed by atoms with Crippen LogP contribution >= 0.6 is 11.8 Å². The largest absolute Gasteiger partial charge is 0.398 e. The number of para-hydroxylation sites is 1. The van der Waals surface area contributed by atoms with Crippen LogP contribution in [0.15, 0.2) is 24.3 Å². The molecule has 102 valence electrons. The Bertz CT molecular complexity index is 339. The predicted octanol–water partition coefficient (Wildman–Crippen LogP) is 3.62. The molecule has 0 radical (unpaired) electrons. The van der Waals surface area contributed by atoms with Crippen molar-refractivity contribution in [3.63, 3.8) is 0 Å². The van der Waals surface area contributed by atoms with E-state index in [1.165, 1.54) is 17.7 Å². The van der Waals surface area contributed by atoms with E-state index in [4.69, 9.17) is 5.73 Å². The van der Waals surface area contributed by atoms with Crippen LogP contribution in [0, 0.1) is 0 Å². The maximum Gasteiger partial charge on any atom is 0.0359 e. The zero-order valence-electron chi connectivity index (χ0n) is 11.9. The lowest BCUT2D eigenvalue weighted by atomic mass is 10.1. The van der Waals surface area contributed by atoms with Crippen molar-refractivity contribution in [2.45, 2.75) is 39.0 Å². The van der Waals surface area contributed by atoms with E-state index < -0.39 is 0 Å². The van der Waals surface area contributed by atoms with E-state index in [2.05, 4.69) is 37.8 Å². The summed E-state index contributed by atoms with van der Waals surface area (Å²) < 4.78 is 0. The normalized spacial score (nSPS) is 11.4. The fourth-order valence-corrected chi connectivity index (χ4v) is 2.76. The molecule has 0 spiro atoms. The number of rotatable bonds is 8. The Balaban J connectivity index is 2.49. The van der Waals surface area contributed by atoms with Gasteiger partial charge in [0.05, 0.1) is 0 Å². The fourth-order valence-electron chi connectivity index (χ4n) is 1.92. The lowest BCUT2D eigenvalue weighted by Crippen LogP contribution is -2.27. The number of thioether (sulfide) groups is 1. The van der Waals surface area contributed by atoms with E-state index in [1.54, 1.807) is 0 Å². The van der Waals surface area contributed by atoms with Crippen molar-refractivity contribution in [3.05, 3.63) is 29.8 Å². The van der Waals surface area contributed by atoms with Gasteiger partial charge >= 0.3 is 0 Å². The highest BCUT2D eigenvalue weighted by Gasteiger charge is 2.07. The SMILES string of the molecule is CCCN(CCSC(C)C)Cc1ccccc1N. The van der Waals surface area contributed by atoms with Crippen molar-refractivity contribution in [2.24, 2.45) is 0 Å². The summed E-state index contributed by atoms with van der Waals surface area (Å²) in [6.07, 6.45) is 1.19. The van der Waals surface area contributed by atoms with Gasteiger partial charge in [0, 0.05) is 24.5 Å². The zero-order chi connectivity index (χ0) is 13.4. The summed E-state index contributed by atoms with van der Waals surface area (Å²) in [6, 6.07) is 8.19. The van der Waals surface area contributed by atoms with Crippen molar-refractivity contribution in [3.8, 4) is 0 Å². The van der Waals surface area contributed by atoms with Gasteiger partial charge in [-0.25, -0.2) is 0 Å². The second-order valence-electron chi connectivity index (χ2n) is 4.89. The van der Waals surface area contributed by atoms with E-state index >= 15 is 0 Å². The van der Waals surface area contributed by atoms with Crippen molar-refractivity contribution in [2.75, 3.05) is 24.6 Å². The molecule has 2 nitrogen and oxygen atoms in total. The summed E-state index contributed by atoms with van der Waals surface area (Å²) >= 11 is 2.03. The van der Waals surface area contributed by atoms with Gasteiger partial charge in [-0.2, -0.15) is 11.8 Å². The van der Waals surface area contributed by atoms with E-state index in [0.717, 1.165) is 30.6 Å². The topological polar surface area (TPSA) is 29.3 Å². The molecule has 0 bridgehead atoms. The third kappa shape index (κ3) is 5.78. The third-order valence-electron chi connectivity index (χ3n) is 2.85. The molecule has 0 aliphatic heterocycles. The minimum Gasteiger partial charge on any atom is -0.398 e. The quantitative estimate of drug-likeness (QED) is 0.729. The van der Waals surface area contributed by atoms with Crippen LogP contribution in [0.5, 0.6) is 0 Å². The van der Waals surface area contributed by atoms with Crippen LogP contribution in [0.25, 0.3) is 0 Å². The summed E-state index contributed by atoms with van der Waals surface area (Å²) in [5, 5.41) is 0.718. The number of hydrogen-bond donors (Lipinski definition) is 1. The Morgan fingerprint density at radius 3 is 2.56 bits per heavy atom. The maximum atomic E-state index is 6.01. The summed E-state index contributed by atoms with van der Waals surface area (Å²) in [7, 11) is 0. The van der Waals surface area contributed by atoms with E-state index in [9.17, 15) is 0 Å². The lowest BCUT2D eigenvalue weighted by molar-refractivity contribution is 0.283. The van der Waals surface area contributed by atoms with Crippen LogP contribution in [0.4, 0.5) is 5.69 Å². The van der Waals surface area contributed by atoms with Gasteiger partial charge < -0.3 is 5.73 Å². The number of nitrogens with zero attached hydrogens (tertiary/aromatic N) is 1. The van der Waals surface area contributed by atoms with Crippen LogP contribution < -0.4 is 5.73 Å². The molecule has 2 N–H and O–H groups in total. The molecule has 1 rings (SSSR count). The highest BCUT2D eigenvalue weighted by molar-refractivity contribution is 7.99. The summed E-state index contributed by atoms with van der Waals surface area (Å²) in [5.74, 6) is 1.20. The monoisotopic (exact) mass is 266 g/mol. The van der Waals surface area contributed by atoms with Gasteiger partial charge in [-0.15, -0.1) is 0 Å².